The monoisotopic (exact) mass is 521 g/mol. The van der Waals surface area contributed by atoms with Crippen molar-refractivity contribution in [2.45, 2.75) is 20.4 Å². The van der Waals surface area contributed by atoms with Crippen LogP contribution in [0.2, 0.25) is 5.02 Å². The topological polar surface area (TPSA) is 71.1 Å². The summed E-state index contributed by atoms with van der Waals surface area (Å²) in [6.07, 6.45) is 0. The summed E-state index contributed by atoms with van der Waals surface area (Å²) in [7, 11) is 0. The second-order valence-electron chi connectivity index (χ2n) is 8.95. The van der Waals surface area contributed by atoms with Crippen LogP contribution in [0.1, 0.15) is 28.4 Å². The predicted octanol–water partition coefficient (Wildman–Crippen LogP) is 5.16. The summed E-state index contributed by atoms with van der Waals surface area (Å²) in [6.45, 7) is 8.03. The van der Waals surface area contributed by atoms with Crippen molar-refractivity contribution >= 4 is 34.9 Å². The summed E-state index contributed by atoms with van der Waals surface area (Å²) in [5.41, 5.74) is 3.97. The van der Waals surface area contributed by atoms with Gasteiger partial charge in [-0.05, 0) is 61.4 Å². The Morgan fingerprint density at radius 1 is 0.973 bits per heavy atom. The number of hydrogen-bond donors (Lipinski definition) is 1. The van der Waals surface area contributed by atoms with E-state index in [1.165, 1.54) is 5.56 Å². The highest BCUT2D eigenvalue weighted by Crippen LogP contribution is 2.29. The van der Waals surface area contributed by atoms with Crippen LogP contribution < -0.4 is 15.0 Å². The molecule has 0 aliphatic carbocycles. The normalized spacial score (nSPS) is 13.8. The van der Waals surface area contributed by atoms with Gasteiger partial charge in [-0.1, -0.05) is 41.9 Å². The average molecular weight is 522 g/mol. The third-order valence-corrected chi connectivity index (χ3v) is 6.67. The molecule has 1 aliphatic heterocycles. The van der Waals surface area contributed by atoms with Gasteiger partial charge in [-0.25, -0.2) is 4.79 Å². The van der Waals surface area contributed by atoms with E-state index in [4.69, 9.17) is 21.1 Å². The number of halogens is 1. The van der Waals surface area contributed by atoms with Crippen molar-refractivity contribution in [2.24, 2.45) is 0 Å². The molecule has 1 saturated heterocycles. The molecule has 0 radical (unpaired) electrons. The van der Waals surface area contributed by atoms with E-state index in [0.717, 1.165) is 44.0 Å². The highest BCUT2D eigenvalue weighted by molar-refractivity contribution is 6.31. The van der Waals surface area contributed by atoms with Gasteiger partial charge in [0.25, 0.3) is 5.91 Å². The number of carbonyl (C=O) groups excluding carboxylic acids is 2. The number of nitrogens with zero attached hydrogens (tertiary/aromatic N) is 2. The maximum atomic E-state index is 12.8. The Morgan fingerprint density at radius 3 is 2.43 bits per heavy atom. The quantitative estimate of drug-likeness (QED) is 0.392. The van der Waals surface area contributed by atoms with E-state index in [-0.39, 0.29) is 19.1 Å². The molecule has 37 heavy (non-hydrogen) atoms. The number of aryl methyl sites for hydroxylation is 1. The Morgan fingerprint density at radius 2 is 1.73 bits per heavy atom. The van der Waals surface area contributed by atoms with E-state index < -0.39 is 5.97 Å². The molecule has 0 aromatic heterocycles. The first-order chi connectivity index (χ1) is 17.9. The summed E-state index contributed by atoms with van der Waals surface area (Å²) in [4.78, 5) is 29.8. The molecule has 3 aromatic carbocycles. The SMILES string of the molecule is CCOC(=O)c1ccc(N2CCN(Cc3ccccc3)CC2)c(NC(=O)COc2ccc(Cl)c(C)c2)c1. The second kappa shape index (κ2) is 12.6. The van der Waals surface area contributed by atoms with Crippen LogP contribution in [0.3, 0.4) is 0 Å². The zero-order valence-electron chi connectivity index (χ0n) is 21.2. The summed E-state index contributed by atoms with van der Waals surface area (Å²) in [5, 5.41) is 3.58. The molecule has 7 nitrogen and oxygen atoms in total. The van der Waals surface area contributed by atoms with Gasteiger partial charge in [-0.2, -0.15) is 0 Å². The maximum absolute atomic E-state index is 12.8. The van der Waals surface area contributed by atoms with Gasteiger partial charge in [-0.15, -0.1) is 0 Å². The van der Waals surface area contributed by atoms with Gasteiger partial charge < -0.3 is 19.7 Å². The van der Waals surface area contributed by atoms with Gasteiger partial charge in [0.05, 0.1) is 23.5 Å². The smallest absolute Gasteiger partial charge is 0.338 e. The lowest BCUT2D eigenvalue weighted by Crippen LogP contribution is -2.46. The van der Waals surface area contributed by atoms with Crippen molar-refractivity contribution in [3.05, 3.63) is 88.4 Å². The molecule has 3 aromatic rings. The van der Waals surface area contributed by atoms with Crippen molar-refractivity contribution in [2.75, 3.05) is 49.6 Å². The molecule has 1 heterocycles. The van der Waals surface area contributed by atoms with Crippen LogP contribution in [0, 0.1) is 6.92 Å². The summed E-state index contributed by atoms with van der Waals surface area (Å²) < 4.78 is 10.8. The molecule has 1 N–H and O–H groups in total. The minimum atomic E-state index is -0.426. The number of benzene rings is 3. The number of hydrogen-bond acceptors (Lipinski definition) is 6. The van der Waals surface area contributed by atoms with Crippen LogP contribution in [0.5, 0.6) is 5.75 Å². The van der Waals surface area contributed by atoms with Crippen LogP contribution in [0.25, 0.3) is 0 Å². The highest BCUT2D eigenvalue weighted by Gasteiger charge is 2.22. The van der Waals surface area contributed by atoms with Gasteiger partial charge in [0.2, 0.25) is 0 Å². The minimum absolute atomic E-state index is 0.172. The van der Waals surface area contributed by atoms with Gasteiger partial charge >= 0.3 is 5.97 Å². The molecule has 0 unspecified atom stereocenters. The average Bonchev–Trinajstić information content (AvgIpc) is 2.90. The summed E-state index contributed by atoms with van der Waals surface area (Å²) in [5.74, 6) is -0.185. The van der Waals surface area contributed by atoms with Crippen LogP contribution in [0.15, 0.2) is 66.7 Å². The summed E-state index contributed by atoms with van der Waals surface area (Å²) in [6, 6.07) is 21.0. The fourth-order valence-corrected chi connectivity index (χ4v) is 4.40. The number of anilines is 2. The van der Waals surface area contributed by atoms with Crippen LogP contribution >= 0.6 is 11.6 Å². The van der Waals surface area contributed by atoms with Crippen molar-refractivity contribution in [3.63, 3.8) is 0 Å². The molecule has 194 valence electrons. The third-order valence-electron chi connectivity index (χ3n) is 6.24. The number of rotatable bonds is 9. The van der Waals surface area contributed by atoms with Crippen LogP contribution in [-0.4, -0.2) is 56.2 Å². The lowest BCUT2D eigenvalue weighted by molar-refractivity contribution is -0.118. The Kier molecular flexibility index (Phi) is 9.04. The Hall–Kier alpha value is -3.55. The van der Waals surface area contributed by atoms with E-state index in [2.05, 4.69) is 39.4 Å². The minimum Gasteiger partial charge on any atom is -0.484 e. The number of ether oxygens (including phenoxy) is 2. The molecule has 0 bridgehead atoms. The predicted molar refractivity (Wildman–Crippen MR) is 147 cm³/mol. The number of nitrogens with one attached hydrogen (secondary N) is 1. The number of carbonyl (C=O) groups is 2. The van der Waals surface area contributed by atoms with Gasteiger partial charge in [0, 0.05) is 37.7 Å². The lowest BCUT2D eigenvalue weighted by Gasteiger charge is -2.37. The number of esters is 1. The zero-order valence-corrected chi connectivity index (χ0v) is 22.0. The standard InChI is InChI=1S/C29H32ClN3O4/c1-3-36-29(35)23-9-12-27(33-15-13-32(14-16-33)19-22-7-5-4-6-8-22)26(18-23)31-28(34)20-37-24-10-11-25(30)21(2)17-24/h4-12,17-18H,3,13-16,19-20H2,1-2H3,(H,31,34). The first kappa shape index (κ1) is 26.5. The molecular weight excluding hydrogens is 490 g/mol. The zero-order chi connectivity index (χ0) is 26.2. The van der Waals surface area contributed by atoms with Crippen molar-refractivity contribution in [1.82, 2.24) is 4.90 Å². The fourth-order valence-electron chi connectivity index (χ4n) is 4.28. The Balaban J connectivity index is 1.44. The summed E-state index contributed by atoms with van der Waals surface area (Å²) >= 11 is 6.07. The molecule has 0 atom stereocenters. The molecule has 1 fully saturated rings. The third kappa shape index (κ3) is 7.24. The number of amides is 1. The molecule has 8 heteroatoms. The van der Waals surface area contributed by atoms with Crippen molar-refractivity contribution in [1.29, 1.82) is 0 Å². The van der Waals surface area contributed by atoms with Crippen LogP contribution in [-0.2, 0) is 16.1 Å². The molecule has 1 aliphatic rings. The Labute approximate surface area is 222 Å². The van der Waals surface area contributed by atoms with E-state index in [0.29, 0.717) is 22.0 Å². The largest absolute Gasteiger partial charge is 0.484 e. The first-order valence-electron chi connectivity index (χ1n) is 12.4. The lowest BCUT2D eigenvalue weighted by atomic mass is 10.1. The maximum Gasteiger partial charge on any atom is 0.338 e. The first-order valence-corrected chi connectivity index (χ1v) is 12.8. The number of piperazine rings is 1. The van der Waals surface area contributed by atoms with Gasteiger partial charge in [0.1, 0.15) is 5.75 Å². The van der Waals surface area contributed by atoms with Gasteiger partial charge in [-0.3, -0.25) is 9.69 Å². The van der Waals surface area contributed by atoms with E-state index >= 15 is 0 Å². The molecule has 0 saturated carbocycles. The Bertz CT molecular complexity index is 1230. The molecular formula is C29H32ClN3O4. The van der Waals surface area contributed by atoms with E-state index in [9.17, 15) is 9.59 Å². The molecule has 4 rings (SSSR count). The molecule has 0 spiro atoms. The van der Waals surface area contributed by atoms with Gasteiger partial charge in [0.15, 0.2) is 6.61 Å². The van der Waals surface area contributed by atoms with Crippen LogP contribution in [0.4, 0.5) is 11.4 Å². The highest BCUT2D eigenvalue weighted by atomic mass is 35.5. The van der Waals surface area contributed by atoms with Crippen molar-refractivity contribution < 1.29 is 19.1 Å². The second-order valence-corrected chi connectivity index (χ2v) is 9.36. The fraction of sp³-hybridized carbons (Fsp3) is 0.310. The van der Waals surface area contributed by atoms with Crippen molar-refractivity contribution in [3.8, 4) is 5.75 Å². The van der Waals surface area contributed by atoms with E-state index in [1.807, 2.05) is 19.1 Å². The van der Waals surface area contributed by atoms with E-state index in [1.54, 1.807) is 37.3 Å². The molecule has 1 amide bonds.